The van der Waals surface area contributed by atoms with Crippen LogP contribution in [-0.2, 0) is 6.42 Å². The number of aliphatic imine (C=N–C) groups is 1. The number of fused-ring (bicyclic) bond motifs is 2. The van der Waals surface area contributed by atoms with E-state index in [4.69, 9.17) is 27.6 Å². The average molecular weight is 582 g/mol. The maximum Gasteiger partial charge on any atom is 0.420 e. The molecule has 1 aliphatic heterocycles. The number of nitrogens with zero attached hydrogens (tertiary/aromatic N) is 5. The predicted molar refractivity (Wildman–Crippen MR) is 152 cm³/mol. The number of hydrogen-bond donors (Lipinski definition) is 0. The zero-order valence-electron chi connectivity index (χ0n) is 21.2. The number of anilines is 1. The normalized spacial score (nSPS) is 14.4. The highest BCUT2D eigenvalue weighted by Gasteiger charge is 2.47. The van der Waals surface area contributed by atoms with Crippen molar-refractivity contribution in [3.8, 4) is 11.4 Å². The minimum Gasteiger partial charge on any atom is -0.462 e. The SMILES string of the molecule is CN(C)c1ccc(N=C2C(C(F)(F)F)=C(Cc3ccccc3)c3nc(-c4cc(Cl)cc(Cl)c4)nn32)c2occc12. The zero-order chi connectivity index (χ0) is 28.2. The van der Waals surface area contributed by atoms with Gasteiger partial charge in [-0.15, -0.1) is 5.10 Å². The van der Waals surface area contributed by atoms with Crippen LogP contribution in [0, 0.1) is 0 Å². The average Bonchev–Trinajstić information content (AvgIpc) is 3.60. The van der Waals surface area contributed by atoms with Gasteiger partial charge in [0.15, 0.2) is 23.1 Å². The first-order chi connectivity index (χ1) is 19.1. The summed E-state index contributed by atoms with van der Waals surface area (Å²) in [6, 6.07) is 18.8. The molecule has 0 unspecified atom stereocenters. The van der Waals surface area contributed by atoms with Crippen LogP contribution < -0.4 is 4.90 Å². The Morgan fingerprint density at radius 1 is 0.975 bits per heavy atom. The van der Waals surface area contributed by atoms with Crippen LogP contribution in [0.2, 0.25) is 10.0 Å². The number of halogens is 5. The molecular formula is C29H20Cl2F3N5O. The van der Waals surface area contributed by atoms with Gasteiger partial charge in [-0.05, 0) is 42.0 Å². The molecular weight excluding hydrogens is 562 g/mol. The van der Waals surface area contributed by atoms with E-state index in [0.717, 1.165) is 15.8 Å². The van der Waals surface area contributed by atoms with Gasteiger partial charge >= 0.3 is 6.18 Å². The fourth-order valence-corrected chi connectivity index (χ4v) is 5.33. The Morgan fingerprint density at radius 2 is 1.70 bits per heavy atom. The van der Waals surface area contributed by atoms with Crippen LogP contribution in [0.3, 0.4) is 0 Å². The monoisotopic (exact) mass is 581 g/mol. The summed E-state index contributed by atoms with van der Waals surface area (Å²) >= 11 is 12.4. The lowest BCUT2D eigenvalue weighted by molar-refractivity contribution is -0.0856. The molecule has 40 heavy (non-hydrogen) atoms. The van der Waals surface area contributed by atoms with Crippen LogP contribution in [0.25, 0.3) is 27.9 Å². The Hall–Kier alpha value is -4.08. The van der Waals surface area contributed by atoms with Crippen molar-refractivity contribution in [2.24, 2.45) is 4.99 Å². The predicted octanol–water partition coefficient (Wildman–Crippen LogP) is 8.21. The second kappa shape index (κ2) is 9.83. The highest BCUT2D eigenvalue weighted by Crippen LogP contribution is 2.42. The molecule has 11 heteroatoms. The van der Waals surface area contributed by atoms with Gasteiger partial charge in [0.2, 0.25) is 0 Å². The zero-order valence-corrected chi connectivity index (χ0v) is 22.7. The Kier molecular flexibility index (Phi) is 6.43. The maximum atomic E-state index is 14.8. The number of allylic oxidation sites excluding steroid dienone is 2. The van der Waals surface area contributed by atoms with E-state index in [1.54, 1.807) is 66.7 Å². The first kappa shape index (κ1) is 26.2. The summed E-state index contributed by atoms with van der Waals surface area (Å²) in [6.45, 7) is 0. The van der Waals surface area contributed by atoms with Crippen molar-refractivity contribution in [1.82, 2.24) is 14.8 Å². The number of alkyl halides is 3. The summed E-state index contributed by atoms with van der Waals surface area (Å²) in [5.74, 6) is -0.178. The van der Waals surface area contributed by atoms with E-state index in [2.05, 4.69) is 15.1 Å². The lowest BCUT2D eigenvalue weighted by Gasteiger charge is -2.15. The van der Waals surface area contributed by atoms with Crippen LogP contribution in [0.15, 0.2) is 88.0 Å². The molecule has 0 amide bonds. The van der Waals surface area contributed by atoms with Crippen molar-refractivity contribution in [3.05, 3.63) is 100.0 Å². The van der Waals surface area contributed by atoms with Gasteiger partial charge in [-0.25, -0.2) is 9.98 Å². The Bertz CT molecular complexity index is 1800. The van der Waals surface area contributed by atoms with Crippen molar-refractivity contribution in [3.63, 3.8) is 0 Å². The summed E-state index contributed by atoms with van der Waals surface area (Å²) in [7, 11) is 3.74. The molecule has 202 valence electrons. The molecule has 0 saturated heterocycles. The lowest BCUT2D eigenvalue weighted by atomic mass is 10.0. The van der Waals surface area contributed by atoms with E-state index in [-0.39, 0.29) is 29.3 Å². The summed E-state index contributed by atoms with van der Waals surface area (Å²) in [6.07, 6.45) is -3.28. The van der Waals surface area contributed by atoms with Crippen molar-refractivity contribution in [2.45, 2.75) is 12.6 Å². The smallest absolute Gasteiger partial charge is 0.420 e. The molecule has 0 aliphatic carbocycles. The summed E-state index contributed by atoms with van der Waals surface area (Å²) in [5, 5.41) is 5.89. The van der Waals surface area contributed by atoms with Gasteiger partial charge in [-0.3, -0.25) is 0 Å². The van der Waals surface area contributed by atoms with E-state index in [9.17, 15) is 13.2 Å². The second-order valence-corrected chi connectivity index (χ2v) is 10.3. The molecule has 3 aromatic carbocycles. The standard InChI is InChI=1S/C29H20Cl2F3N5O/c1-38(2)23-9-8-22(25-20(23)10-11-40-25)35-28-24(29(32,33)34)21(12-16-6-4-3-5-7-16)27-36-26(37-39(27)28)17-13-18(30)15-19(31)14-17/h3-11,13-15H,12H2,1-2H3. The summed E-state index contributed by atoms with van der Waals surface area (Å²) < 4.78 is 51.2. The third-order valence-electron chi connectivity index (χ3n) is 6.51. The number of hydrogen-bond acceptors (Lipinski definition) is 5. The van der Waals surface area contributed by atoms with Gasteiger partial charge in [-0.1, -0.05) is 53.5 Å². The fourth-order valence-electron chi connectivity index (χ4n) is 4.81. The molecule has 6 rings (SSSR count). The molecule has 0 saturated carbocycles. The molecule has 0 spiro atoms. The third kappa shape index (κ3) is 4.65. The van der Waals surface area contributed by atoms with E-state index in [1.165, 1.54) is 6.26 Å². The highest BCUT2D eigenvalue weighted by atomic mass is 35.5. The Labute approximate surface area is 237 Å². The minimum atomic E-state index is -4.74. The molecule has 6 nitrogen and oxygen atoms in total. The minimum absolute atomic E-state index is 0.0289. The number of furan rings is 1. The van der Waals surface area contributed by atoms with Crippen LogP contribution in [0.4, 0.5) is 24.5 Å². The lowest BCUT2D eigenvalue weighted by Crippen LogP contribution is -2.23. The molecule has 2 aromatic heterocycles. The highest BCUT2D eigenvalue weighted by molar-refractivity contribution is 6.35. The molecule has 1 aliphatic rings. The molecule has 5 aromatic rings. The Balaban J connectivity index is 1.61. The fraction of sp³-hybridized carbons (Fsp3) is 0.138. The van der Waals surface area contributed by atoms with Crippen LogP contribution in [0.5, 0.6) is 0 Å². The van der Waals surface area contributed by atoms with E-state index in [0.29, 0.717) is 26.8 Å². The summed E-state index contributed by atoms with van der Waals surface area (Å²) in [5.41, 5.74) is 1.65. The molecule has 0 fully saturated rings. The van der Waals surface area contributed by atoms with Crippen molar-refractivity contribution in [1.29, 1.82) is 0 Å². The first-order valence-corrected chi connectivity index (χ1v) is 12.9. The molecule has 0 bridgehead atoms. The third-order valence-corrected chi connectivity index (χ3v) is 6.95. The van der Waals surface area contributed by atoms with Gasteiger partial charge in [0.05, 0.1) is 6.26 Å². The molecule has 0 N–H and O–H groups in total. The molecule has 3 heterocycles. The first-order valence-electron chi connectivity index (χ1n) is 12.2. The van der Waals surface area contributed by atoms with E-state index >= 15 is 0 Å². The number of benzene rings is 3. The van der Waals surface area contributed by atoms with Crippen molar-refractivity contribution in [2.75, 3.05) is 19.0 Å². The van der Waals surface area contributed by atoms with Gasteiger partial charge in [0.1, 0.15) is 11.3 Å². The van der Waals surface area contributed by atoms with Gasteiger partial charge in [0.25, 0.3) is 0 Å². The van der Waals surface area contributed by atoms with Crippen LogP contribution in [0.1, 0.15) is 11.4 Å². The Morgan fingerprint density at radius 3 is 2.38 bits per heavy atom. The molecule has 0 radical (unpaired) electrons. The van der Waals surface area contributed by atoms with E-state index < -0.39 is 17.6 Å². The molecule has 0 atom stereocenters. The maximum absolute atomic E-state index is 14.8. The van der Waals surface area contributed by atoms with Crippen molar-refractivity contribution < 1.29 is 17.6 Å². The van der Waals surface area contributed by atoms with Crippen molar-refractivity contribution >= 4 is 57.0 Å². The largest absolute Gasteiger partial charge is 0.462 e. The van der Waals surface area contributed by atoms with Crippen LogP contribution >= 0.6 is 23.2 Å². The van der Waals surface area contributed by atoms with Gasteiger partial charge < -0.3 is 9.32 Å². The summed E-state index contributed by atoms with van der Waals surface area (Å²) in [4.78, 5) is 10.9. The quantitative estimate of drug-likeness (QED) is 0.210. The van der Waals surface area contributed by atoms with E-state index in [1.807, 2.05) is 19.0 Å². The second-order valence-electron chi connectivity index (χ2n) is 9.44. The van der Waals surface area contributed by atoms with Gasteiger partial charge in [-0.2, -0.15) is 17.9 Å². The van der Waals surface area contributed by atoms with Crippen LogP contribution in [-0.4, -0.2) is 40.9 Å². The van der Waals surface area contributed by atoms with Gasteiger partial charge in [0, 0.05) is 52.8 Å². The number of aromatic nitrogens is 3. The topological polar surface area (TPSA) is 59.5 Å². The number of rotatable bonds is 5.